The van der Waals surface area contributed by atoms with Gasteiger partial charge in [0.05, 0.1) is 31.5 Å². The molecule has 6 nitrogen and oxygen atoms in total. The molecule has 0 spiro atoms. The van der Waals surface area contributed by atoms with E-state index < -0.39 is 0 Å². The zero-order valence-electron chi connectivity index (χ0n) is 16.6. The number of carbonyl (C=O) groups is 1. The third-order valence-corrected chi connectivity index (χ3v) is 4.78. The molecule has 1 aromatic carbocycles. The molecule has 1 aliphatic heterocycles. The van der Waals surface area contributed by atoms with Gasteiger partial charge in [-0.3, -0.25) is 14.4 Å². The maximum absolute atomic E-state index is 12.3. The molecule has 1 aliphatic rings. The second-order valence-corrected chi connectivity index (χ2v) is 7.60. The number of methoxy groups -OCH3 is 1. The predicted octanol–water partition coefficient (Wildman–Crippen LogP) is 2.61. The van der Waals surface area contributed by atoms with Gasteiger partial charge in [0.15, 0.2) is 0 Å². The summed E-state index contributed by atoms with van der Waals surface area (Å²) in [6.45, 7) is 9.07. The van der Waals surface area contributed by atoms with E-state index in [-0.39, 0.29) is 5.91 Å². The molecule has 2 aromatic rings. The first kappa shape index (κ1) is 19.4. The highest BCUT2D eigenvalue weighted by molar-refractivity contribution is 5.79. The van der Waals surface area contributed by atoms with Gasteiger partial charge in [-0.1, -0.05) is 32.0 Å². The Kier molecular flexibility index (Phi) is 6.50. The lowest BCUT2D eigenvalue weighted by Gasteiger charge is -2.21. The quantitative estimate of drug-likeness (QED) is 0.814. The van der Waals surface area contributed by atoms with E-state index in [2.05, 4.69) is 39.9 Å². The van der Waals surface area contributed by atoms with E-state index in [1.165, 1.54) is 5.69 Å². The summed E-state index contributed by atoms with van der Waals surface area (Å²) in [7, 11) is 1.62. The van der Waals surface area contributed by atoms with E-state index in [0.29, 0.717) is 18.9 Å². The van der Waals surface area contributed by atoms with Gasteiger partial charge in [0, 0.05) is 31.7 Å². The van der Waals surface area contributed by atoms with Crippen molar-refractivity contribution in [3.8, 4) is 5.75 Å². The molecular formula is C21H30N4O2. The van der Waals surface area contributed by atoms with Crippen molar-refractivity contribution < 1.29 is 9.53 Å². The molecule has 27 heavy (non-hydrogen) atoms. The van der Waals surface area contributed by atoms with E-state index in [1.807, 2.05) is 24.3 Å². The number of carbonyl (C=O) groups excluding carboxylic acids is 1. The van der Waals surface area contributed by atoms with Crippen LogP contribution >= 0.6 is 0 Å². The lowest BCUT2D eigenvalue weighted by atomic mass is 10.1. The first-order valence-electron chi connectivity index (χ1n) is 9.71. The SMILES string of the molecule is COc1ccccc1CC(=O)NCc1cc2n(n1)CCCN(CC(C)C)C2. The number of para-hydroxylation sites is 1. The largest absolute Gasteiger partial charge is 0.496 e. The van der Waals surface area contributed by atoms with E-state index in [4.69, 9.17) is 4.74 Å². The summed E-state index contributed by atoms with van der Waals surface area (Å²) in [4.78, 5) is 14.8. The molecule has 6 heteroatoms. The maximum atomic E-state index is 12.3. The minimum Gasteiger partial charge on any atom is -0.496 e. The molecule has 0 saturated carbocycles. The van der Waals surface area contributed by atoms with Gasteiger partial charge >= 0.3 is 0 Å². The average Bonchev–Trinajstić information content (AvgIpc) is 2.92. The number of benzene rings is 1. The predicted molar refractivity (Wildman–Crippen MR) is 106 cm³/mol. The molecule has 146 valence electrons. The summed E-state index contributed by atoms with van der Waals surface area (Å²) in [5, 5.41) is 7.67. The van der Waals surface area contributed by atoms with Crippen LogP contribution < -0.4 is 10.1 Å². The van der Waals surface area contributed by atoms with E-state index >= 15 is 0 Å². The van der Waals surface area contributed by atoms with Crippen LogP contribution in [0.25, 0.3) is 0 Å². The standard InChI is InChI=1S/C21H30N4O2/c1-16(2)14-24-9-6-10-25-19(15-24)12-18(23-25)13-22-21(26)11-17-7-4-5-8-20(17)27-3/h4-5,7-8,12,16H,6,9-11,13-15H2,1-3H3,(H,22,26). The van der Waals surface area contributed by atoms with Crippen molar-refractivity contribution in [2.45, 2.75) is 46.3 Å². The maximum Gasteiger partial charge on any atom is 0.224 e. The summed E-state index contributed by atoms with van der Waals surface area (Å²) in [5.41, 5.74) is 3.05. The molecule has 0 fully saturated rings. The Labute approximate surface area is 161 Å². The Balaban J connectivity index is 1.57. The number of aryl methyl sites for hydroxylation is 1. The Hall–Kier alpha value is -2.34. The molecule has 0 atom stereocenters. The Morgan fingerprint density at radius 1 is 1.30 bits per heavy atom. The van der Waals surface area contributed by atoms with Crippen LogP contribution in [-0.4, -0.2) is 40.8 Å². The first-order chi connectivity index (χ1) is 13.0. The van der Waals surface area contributed by atoms with Gasteiger partial charge in [0.2, 0.25) is 5.91 Å². The van der Waals surface area contributed by atoms with Gasteiger partial charge in [-0.2, -0.15) is 5.10 Å². The van der Waals surface area contributed by atoms with Crippen molar-refractivity contribution in [3.63, 3.8) is 0 Å². The number of aromatic nitrogens is 2. The highest BCUT2D eigenvalue weighted by atomic mass is 16.5. The number of rotatable bonds is 7. The minimum atomic E-state index is -0.0240. The van der Waals surface area contributed by atoms with Crippen LogP contribution in [0.15, 0.2) is 30.3 Å². The van der Waals surface area contributed by atoms with E-state index in [9.17, 15) is 4.79 Å². The van der Waals surface area contributed by atoms with E-state index in [0.717, 1.165) is 49.6 Å². The molecule has 0 radical (unpaired) electrons. The number of fused-ring (bicyclic) bond motifs is 1. The molecule has 1 amide bonds. The van der Waals surface area contributed by atoms with Crippen LogP contribution in [0, 0.1) is 5.92 Å². The zero-order valence-corrected chi connectivity index (χ0v) is 16.6. The van der Waals surface area contributed by atoms with Crippen molar-refractivity contribution in [3.05, 3.63) is 47.3 Å². The number of hydrogen-bond acceptors (Lipinski definition) is 4. The van der Waals surface area contributed by atoms with Gasteiger partial charge in [-0.05, 0) is 24.5 Å². The number of ether oxygens (including phenoxy) is 1. The molecule has 0 saturated heterocycles. The van der Waals surface area contributed by atoms with Gasteiger partial charge in [0.25, 0.3) is 0 Å². The highest BCUT2D eigenvalue weighted by Crippen LogP contribution is 2.18. The second-order valence-electron chi connectivity index (χ2n) is 7.60. The van der Waals surface area contributed by atoms with Gasteiger partial charge < -0.3 is 10.1 Å². The molecular weight excluding hydrogens is 340 g/mol. The lowest BCUT2D eigenvalue weighted by Crippen LogP contribution is -2.27. The van der Waals surface area contributed by atoms with Crippen LogP contribution in [-0.2, 0) is 30.8 Å². The van der Waals surface area contributed by atoms with Gasteiger partial charge in [-0.15, -0.1) is 0 Å². The normalized spacial score (nSPS) is 14.7. The fourth-order valence-corrected chi connectivity index (χ4v) is 3.62. The van der Waals surface area contributed by atoms with Crippen LogP contribution in [0.1, 0.15) is 37.2 Å². The van der Waals surface area contributed by atoms with Crippen molar-refractivity contribution in [1.82, 2.24) is 20.0 Å². The lowest BCUT2D eigenvalue weighted by molar-refractivity contribution is -0.120. The third kappa shape index (κ3) is 5.32. The summed E-state index contributed by atoms with van der Waals surface area (Å²) >= 11 is 0. The third-order valence-electron chi connectivity index (χ3n) is 4.78. The zero-order chi connectivity index (χ0) is 19.2. The molecule has 1 aromatic heterocycles. The molecule has 0 aliphatic carbocycles. The van der Waals surface area contributed by atoms with Crippen LogP contribution in [0.3, 0.4) is 0 Å². The molecule has 2 heterocycles. The van der Waals surface area contributed by atoms with Crippen molar-refractivity contribution in [1.29, 1.82) is 0 Å². The first-order valence-corrected chi connectivity index (χ1v) is 9.71. The summed E-state index contributed by atoms with van der Waals surface area (Å²) < 4.78 is 7.41. The Morgan fingerprint density at radius 3 is 2.89 bits per heavy atom. The minimum absolute atomic E-state index is 0.0240. The smallest absolute Gasteiger partial charge is 0.224 e. The summed E-state index contributed by atoms with van der Waals surface area (Å²) in [6, 6.07) is 9.74. The molecule has 0 bridgehead atoms. The number of amides is 1. The van der Waals surface area contributed by atoms with Crippen LogP contribution in [0.2, 0.25) is 0 Å². The van der Waals surface area contributed by atoms with Crippen molar-refractivity contribution >= 4 is 5.91 Å². The number of nitrogens with one attached hydrogen (secondary N) is 1. The Bertz CT molecular complexity index is 769. The fourth-order valence-electron chi connectivity index (χ4n) is 3.62. The van der Waals surface area contributed by atoms with Crippen LogP contribution in [0.4, 0.5) is 0 Å². The van der Waals surface area contributed by atoms with Crippen molar-refractivity contribution in [2.24, 2.45) is 5.92 Å². The molecule has 0 unspecified atom stereocenters. The van der Waals surface area contributed by atoms with E-state index in [1.54, 1.807) is 7.11 Å². The van der Waals surface area contributed by atoms with Gasteiger partial charge in [0.1, 0.15) is 5.75 Å². The molecule has 1 N–H and O–H groups in total. The monoisotopic (exact) mass is 370 g/mol. The average molecular weight is 370 g/mol. The summed E-state index contributed by atoms with van der Waals surface area (Å²) in [5.74, 6) is 1.38. The second kappa shape index (κ2) is 9.04. The Morgan fingerprint density at radius 2 is 2.11 bits per heavy atom. The van der Waals surface area contributed by atoms with Crippen molar-refractivity contribution in [2.75, 3.05) is 20.2 Å². The highest BCUT2D eigenvalue weighted by Gasteiger charge is 2.17. The fraction of sp³-hybridized carbons (Fsp3) is 0.524. The topological polar surface area (TPSA) is 59.4 Å². The van der Waals surface area contributed by atoms with Gasteiger partial charge in [-0.25, -0.2) is 0 Å². The van der Waals surface area contributed by atoms with Crippen LogP contribution in [0.5, 0.6) is 5.75 Å². The molecule has 3 rings (SSSR count). The summed E-state index contributed by atoms with van der Waals surface area (Å²) in [6.07, 6.45) is 1.42. The number of nitrogens with zero attached hydrogens (tertiary/aromatic N) is 3. The number of hydrogen-bond donors (Lipinski definition) is 1.